The first-order valence-corrected chi connectivity index (χ1v) is 6.84. The second-order valence-electron chi connectivity index (χ2n) is 4.14. The Kier molecular flexibility index (Phi) is 4.99. The van der Waals surface area contributed by atoms with Crippen molar-refractivity contribution >= 4 is 33.6 Å². The molecule has 1 heterocycles. The van der Waals surface area contributed by atoms with Gasteiger partial charge in [0.25, 0.3) is 5.91 Å². The van der Waals surface area contributed by atoms with Gasteiger partial charge < -0.3 is 14.5 Å². The molecule has 2 rings (SSSR count). The minimum atomic E-state index is -0.526. The Bertz CT molecular complexity index is 637. The van der Waals surface area contributed by atoms with E-state index in [-0.39, 0.29) is 5.91 Å². The summed E-state index contributed by atoms with van der Waals surface area (Å²) >= 11 is 3.14. The van der Waals surface area contributed by atoms with Gasteiger partial charge in [0.05, 0.1) is 12.7 Å². The zero-order chi connectivity index (χ0) is 15.2. The number of ether oxygens (including phenoxy) is 1. The van der Waals surface area contributed by atoms with Crippen LogP contribution in [0.1, 0.15) is 15.9 Å². The number of hydrogen-bond acceptors (Lipinski definition) is 4. The summed E-state index contributed by atoms with van der Waals surface area (Å²) in [5.41, 5.74) is 1.97. The van der Waals surface area contributed by atoms with Gasteiger partial charge in [0, 0.05) is 18.3 Å². The summed E-state index contributed by atoms with van der Waals surface area (Å²) in [5.74, 6) is -0.221. The van der Waals surface area contributed by atoms with E-state index in [4.69, 9.17) is 4.42 Å². The molecular formula is C14H13BrN2O4. The first kappa shape index (κ1) is 15.1. The predicted octanol–water partition coefficient (Wildman–Crippen LogP) is 3.15. The van der Waals surface area contributed by atoms with Crippen LogP contribution in [0.4, 0.5) is 10.5 Å². The van der Waals surface area contributed by atoms with E-state index < -0.39 is 6.09 Å². The fourth-order valence-electron chi connectivity index (χ4n) is 1.59. The third-order valence-corrected chi connectivity index (χ3v) is 3.08. The van der Waals surface area contributed by atoms with Crippen molar-refractivity contribution in [1.82, 2.24) is 5.32 Å². The number of benzene rings is 1. The lowest BCUT2D eigenvalue weighted by atomic mass is 10.2. The average Bonchev–Trinajstić information content (AvgIpc) is 2.92. The van der Waals surface area contributed by atoms with E-state index >= 15 is 0 Å². The molecular weight excluding hydrogens is 340 g/mol. The Morgan fingerprint density at radius 1 is 1.29 bits per heavy atom. The second kappa shape index (κ2) is 6.94. The quantitative estimate of drug-likeness (QED) is 0.885. The molecule has 0 fully saturated rings. The maximum atomic E-state index is 11.8. The van der Waals surface area contributed by atoms with Gasteiger partial charge in [-0.05, 0) is 33.6 Å². The molecule has 0 saturated heterocycles. The molecule has 1 aromatic heterocycles. The van der Waals surface area contributed by atoms with Gasteiger partial charge in [0.1, 0.15) is 6.26 Å². The highest BCUT2D eigenvalue weighted by molar-refractivity contribution is 9.10. The summed E-state index contributed by atoms with van der Waals surface area (Å²) in [4.78, 5) is 22.9. The molecule has 21 heavy (non-hydrogen) atoms. The summed E-state index contributed by atoms with van der Waals surface area (Å²) in [5, 5.41) is 5.31. The van der Waals surface area contributed by atoms with Crippen LogP contribution in [0, 0.1) is 0 Å². The highest BCUT2D eigenvalue weighted by Gasteiger charge is 2.08. The number of carbonyl (C=O) groups is 2. The molecule has 7 heteroatoms. The zero-order valence-corrected chi connectivity index (χ0v) is 12.8. The second-order valence-corrected chi connectivity index (χ2v) is 4.92. The van der Waals surface area contributed by atoms with Gasteiger partial charge in [-0.1, -0.05) is 12.1 Å². The van der Waals surface area contributed by atoms with Gasteiger partial charge in [0.2, 0.25) is 0 Å². The van der Waals surface area contributed by atoms with Crippen molar-refractivity contribution in [3.05, 3.63) is 52.4 Å². The highest BCUT2D eigenvalue weighted by atomic mass is 79.9. The van der Waals surface area contributed by atoms with E-state index in [2.05, 4.69) is 31.3 Å². The molecule has 0 aliphatic rings. The molecule has 2 N–H and O–H groups in total. The van der Waals surface area contributed by atoms with E-state index in [1.807, 2.05) is 0 Å². The Morgan fingerprint density at radius 3 is 2.57 bits per heavy atom. The lowest BCUT2D eigenvalue weighted by molar-refractivity contribution is 0.0950. The molecule has 2 aromatic rings. The number of anilines is 1. The largest absolute Gasteiger partial charge is 0.457 e. The number of methoxy groups -OCH3 is 1. The Balaban J connectivity index is 1.89. The van der Waals surface area contributed by atoms with Crippen LogP contribution in [0.5, 0.6) is 0 Å². The molecule has 6 nitrogen and oxygen atoms in total. The summed E-state index contributed by atoms with van der Waals surface area (Å²) in [6, 6.07) is 8.66. The molecule has 0 radical (unpaired) electrons. The molecule has 110 valence electrons. The summed E-state index contributed by atoms with van der Waals surface area (Å²) < 4.78 is 10.0. The minimum absolute atomic E-state index is 0.221. The van der Waals surface area contributed by atoms with E-state index in [1.54, 1.807) is 30.3 Å². The van der Waals surface area contributed by atoms with Crippen LogP contribution in [0.2, 0.25) is 0 Å². The van der Waals surface area contributed by atoms with E-state index in [1.165, 1.54) is 13.4 Å². The van der Waals surface area contributed by atoms with Crippen molar-refractivity contribution in [3.63, 3.8) is 0 Å². The van der Waals surface area contributed by atoms with E-state index in [0.29, 0.717) is 22.5 Å². The van der Waals surface area contributed by atoms with Crippen LogP contribution in [0.15, 0.2) is 45.7 Å². The van der Waals surface area contributed by atoms with Gasteiger partial charge in [-0.25, -0.2) is 4.79 Å². The van der Waals surface area contributed by atoms with Crippen molar-refractivity contribution in [3.8, 4) is 0 Å². The lowest BCUT2D eigenvalue weighted by Gasteiger charge is -2.06. The van der Waals surface area contributed by atoms with Gasteiger partial charge in [-0.15, -0.1) is 0 Å². The normalized spacial score (nSPS) is 10.0. The van der Waals surface area contributed by atoms with E-state index in [9.17, 15) is 9.59 Å². The molecule has 1 aromatic carbocycles. The number of nitrogens with one attached hydrogen (secondary N) is 2. The minimum Gasteiger partial charge on any atom is -0.457 e. The van der Waals surface area contributed by atoms with Crippen LogP contribution in [-0.2, 0) is 11.3 Å². The summed E-state index contributed by atoms with van der Waals surface area (Å²) in [6.45, 7) is 0.375. The fraction of sp³-hybridized carbons (Fsp3) is 0.143. The van der Waals surface area contributed by atoms with Crippen molar-refractivity contribution in [1.29, 1.82) is 0 Å². The molecule has 2 amide bonds. The molecule has 0 aliphatic heterocycles. The smallest absolute Gasteiger partial charge is 0.411 e. The standard InChI is InChI=1S/C14H13BrN2O4/c1-20-14(19)17-11-4-2-9(3-5-11)7-16-13(18)10-6-12(15)21-8-10/h2-6,8H,7H2,1H3,(H,16,18)(H,17,19). The Morgan fingerprint density at radius 2 is 2.00 bits per heavy atom. The Hall–Kier alpha value is -2.28. The van der Waals surface area contributed by atoms with Crippen molar-refractivity contribution in [2.75, 3.05) is 12.4 Å². The van der Waals surface area contributed by atoms with Gasteiger partial charge >= 0.3 is 6.09 Å². The number of rotatable bonds is 4. The monoisotopic (exact) mass is 352 g/mol. The summed E-state index contributed by atoms with van der Waals surface area (Å²) in [7, 11) is 1.30. The molecule has 0 unspecified atom stereocenters. The van der Waals surface area contributed by atoms with Crippen LogP contribution < -0.4 is 10.6 Å². The zero-order valence-electron chi connectivity index (χ0n) is 11.2. The maximum Gasteiger partial charge on any atom is 0.411 e. The molecule has 0 spiro atoms. The third kappa shape index (κ3) is 4.35. The topological polar surface area (TPSA) is 80.6 Å². The summed E-state index contributed by atoms with van der Waals surface area (Å²) in [6.07, 6.45) is 0.851. The first-order chi connectivity index (χ1) is 10.1. The first-order valence-electron chi connectivity index (χ1n) is 6.04. The van der Waals surface area contributed by atoms with Crippen LogP contribution in [0.25, 0.3) is 0 Å². The maximum absolute atomic E-state index is 11.8. The van der Waals surface area contributed by atoms with Crippen LogP contribution in [-0.4, -0.2) is 19.1 Å². The number of carbonyl (C=O) groups excluding carboxylic acids is 2. The molecule has 0 bridgehead atoms. The van der Waals surface area contributed by atoms with E-state index in [0.717, 1.165) is 5.56 Å². The van der Waals surface area contributed by atoms with Gasteiger partial charge in [-0.3, -0.25) is 10.1 Å². The number of hydrogen-bond donors (Lipinski definition) is 2. The lowest BCUT2D eigenvalue weighted by Crippen LogP contribution is -2.22. The van der Waals surface area contributed by atoms with Crippen molar-refractivity contribution in [2.24, 2.45) is 0 Å². The number of halogens is 1. The van der Waals surface area contributed by atoms with Crippen molar-refractivity contribution < 1.29 is 18.7 Å². The predicted molar refractivity (Wildman–Crippen MR) is 80.0 cm³/mol. The Labute approximate surface area is 129 Å². The fourth-order valence-corrected chi connectivity index (χ4v) is 1.93. The third-order valence-electron chi connectivity index (χ3n) is 2.67. The van der Waals surface area contributed by atoms with Crippen molar-refractivity contribution in [2.45, 2.75) is 6.54 Å². The average molecular weight is 353 g/mol. The van der Waals surface area contributed by atoms with Crippen LogP contribution >= 0.6 is 15.9 Å². The van der Waals surface area contributed by atoms with Gasteiger partial charge in [0.15, 0.2) is 4.67 Å². The van der Waals surface area contributed by atoms with Gasteiger partial charge in [-0.2, -0.15) is 0 Å². The highest BCUT2D eigenvalue weighted by Crippen LogP contribution is 2.14. The molecule has 0 aliphatic carbocycles. The number of amides is 2. The van der Waals surface area contributed by atoms with Crippen LogP contribution in [0.3, 0.4) is 0 Å². The molecule has 0 saturated carbocycles. The number of furan rings is 1. The SMILES string of the molecule is COC(=O)Nc1ccc(CNC(=O)c2coc(Br)c2)cc1. The molecule has 0 atom stereocenters.